The number of fused-ring (bicyclic) bond motifs is 2. The number of hydrogen-bond acceptors (Lipinski definition) is 3. The van der Waals surface area contributed by atoms with E-state index >= 15 is 0 Å². The van der Waals surface area contributed by atoms with Crippen molar-refractivity contribution in [3.05, 3.63) is 63.1 Å². The maximum atomic E-state index is 12.3. The largest absolute Gasteiger partial charge is 0.456 e. The van der Waals surface area contributed by atoms with E-state index in [1.165, 1.54) is 0 Å². The first-order valence-corrected chi connectivity index (χ1v) is 5.31. The van der Waals surface area contributed by atoms with E-state index in [4.69, 9.17) is 9.95 Å². The fourth-order valence-corrected chi connectivity index (χ4v) is 1.96. The summed E-state index contributed by atoms with van der Waals surface area (Å²) in [5, 5.41) is 4.31. The summed E-state index contributed by atoms with van der Waals surface area (Å²) in [5.74, 6) is 0. The number of benzene rings is 2. The van der Waals surface area contributed by atoms with Gasteiger partial charge < -0.3 is 4.42 Å². The lowest BCUT2D eigenvalue weighted by Gasteiger charge is -2.02. The summed E-state index contributed by atoms with van der Waals surface area (Å²) in [6.45, 7) is 0. The molecular formula is C13H7N3O2. The second kappa shape index (κ2) is 3.91. The Morgan fingerprint density at radius 3 is 2.67 bits per heavy atom. The van der Waals surface area contributed by atoms with E-state index < -0.39 is 0 Å². The topological polar surface area (TPSA) is 79.0 Å². The average Bonchev–Trinajstić information content (AvgIpc) is 2.39. The van der Waals surface area contributed by atoms with Gasteiger partial charge in [-0.25, -0.2) is 0 Å². The van der Waals surface area contributed by atoms with Gasteiger partial charge in [0.1, 0.15) is 11.2 Å². The van der Waals surface area contributed by atoms with Crippen molar-refractivity contribution in [1.82, 2.24) is 0 Å². The highest BCUT2D eigenvalue weighted by atomic mass is 16.3. The van der Waals surface area contributed by atoms with Gasteiger partial charge in [0, 0.05) is 4.91 Å². The molecule has 0 N–H and O–H groups in total. The fourth-order valence-electron chi connectivity index (χ4n) is 1.96. The first kappa shape index (κ1) is 10.4. The van der Waals surface area contributed by atoms with Gasteiger partial charge in [-0.05, 0) is 23.7 Å². The molecule has 0 atom stereocenters. The van der Waals surface area contributed by atoms with Crippen LogP contribution >= 0.6 is 0 Å². The molecule has 86 valence electrons. The molecule has 5 heteroatoms. The predicted molar refractivity (Wildman–Crippen MR) is 68.8 cm³/mol. The molecule has 2 aromatic carbocycles. The third kappa shape index (κ3) is 1.43. The molecule has 0 amide bonds. The highest BCUT2D eigenvalue weighted by Gasteiger charge is 2.09. The van der Waals surface area contributed by atoms with E-state index in [1.54, 1.807) is 42.5 Å². The summed E-state index contributed by atoms with van der Waals surface area (Å²) < 4.78 is 5.63. The quantitative estimate of drug-likeness (QED) is 0.278. The van der Waals surface area contributed by atoms with Crippen LogP contribution in [0.3, 0.4) is 0 Å². The molecule has 0 fully saturated rings. The Balaban J connectivity index is 2.61. The van der Waals surface area contributed by atoms with Gasteiger partial charge in [-0.2, -0.15) is 0 Å². The third-order valence-corrected chi connectivity index (χ3v) is 2.74. The van der Waals surface area contributed by atoms with Crippen LogP contribution in [0, 0.1) is 0 Å². The number of azide groups is 1. The molecule has 0 aliphatic rings. The number of nitrogens with zero attached hydrogens (tertiary/aromatic N) is 3. The van der Waals surface area contributed by atoms with Gasteiger partial charge >= 0.3 is 0 Å². The van der Waals surface area contributed by atoms with Crippen LogP contribution in [0.1, 0.15) is 0 Å². The van der Waals surface area contributed by atoms with Crippen LogP contribution < -0.4 is 5.43 Å². The van der Waals surface area contributed by atoms with Crippen LogP contribution in [0.5, 0.6) is 0 Å². The minimum Gasteiger partial charge on any atom is -0.456 e. The second-order valence-corrected chi connectivity index (χ2v) is 3.77. The van der Waals surface area contributed by atoms with E-state index in [2.05, 4.69) is 10.0 Å². The molecule has 18 heavy (non-hydrogen) atoms. The summed E-state index contributed by atoms with van der Waals surface area (Å²) in [4.78, 5) is 15.1. The molecule has 0 saturated heterocycles. The standard InChI is InChI=1S/C13H7N3O2/c14-16-15-9-5-3-7-11-12(9)13(17)8-4-1-2-6-10(8)18-11/h1-7H. The van der Waals surface area contributed by atoms with Crippen LogP contribution in [-0.2, 0) is 0 Å². The molecule has 1 aromatic heterocycles. The summed E-state index contributed by atoms with van der Waals surface area (Å²) in [6, 6.07) is 11.9. The normalized spacial score (nSPS) is 10.4. The lowest BCUT2D eigenvalue weighted by Crippen LogP contribution is -2.01. The minimum absolute atomic E-state index is 0.185. The van der Waals surface area contributed by atoms with Gasteiger partial charge in [0.05, 0.1) is 16.5 Å². The second-order valence-electron chi connectivity index (χ2n) is 3.77. The molecule has 0 unspecified atom stereocenters. The van der Waals surface area contributed by atoms with E-state index in [-0.39, 0.29) is 11.1 Å². The Morgan fingerprint density at radius 2 is 1.83 bits per heavy atom. The van der Waals surface area contributed by atoms with Crippen molar-refractivity contribution in [3.63, 3.8) is 0 Å². The molecule has 0 saturated carbocycles. The molecule has 3 rings (SSSR count). The smallest absolute Gasteiger partial charge is 0.200 e. The molecule has 0 spiro atoms. The molecule has 3 aromatic rings. The Labute approximate surface area is 101 Å². The van der Waals surface area contributed by atoms with Crippen LogP contribution in [0.25, 0.3) is 32.4 Å². The molecule has 0 aliphatic carbocycles. The Morgan fingerprint density at radius 1 is 1.06 bits per heavy atom. The van der Waals surface area contributed by atoms with Crippen molar-refractivity contribution in [1.29, 1.82) is 0 Å². The molecule has 0 aliphatic heterocycles. The first-order valence-electron chi connectivity index (χ1n) is 5.31. The molecule has 0 bridgehead atoms. The predicted octanol–water partition coefficient (Wildman–Crippen LogP) is 3.89. The van der Waals surface area contributed by atoms with Crippen molar-refractivity contribution in [2.45, 2.75) is 0 Å². The van der Waals surface area contributed by atoms with E-state index in [1.807, 2.05) is 0 Å². The van der Waals surface area contributed by atoms with Gasteiger partial charge in [0.2, 0.25) is 5.43 Å². The highest BCUT2D eigenvalue weighted by Crippen LogP contribution is 2.26. The van der Waals surface area contributed by atoms with Gasteiger partial charge in [-0.15, -0.1) is 0 Å². The van der Waals surface area contributed by atoms with Crippen LogP contribution in [0.2, 0.25) is 0 Å². The highest BCUT2D eigenvalue weighted by molar-refractivity contribution is 5.95. The first-order chi connectivity index (χ1) is 8.81. The van der Waals surface area contributed by atoms with E-state index in [0.717, 1.165) is 0 Å². The van der Waals surface area contributed by atoms with Gasteiger partial charge in [0.15, 0.2) is 0 Å². The third-order valence-electron chi connectivity index (χ3n) is 2.74. The van der Waals surface area contributed by atoms with Gasteiger partial charge in [-0.3, -0.25) is 4.79 Å². The zero-order valence-electron chi connectivity index (χ0n) is 9.20. The average molecular weight is 237 g/mol. The van der Waals surface area contributed by atoms with Gasteiger partial charge in [0.25, 0.3) is 0 Å². The maximum Gasteiger partial charge on any atom is 0.200 e. The van der Waals surface area contributed by atoms with Gasteiger partial charge in [-0.1, -0.05) is 29.4 Å². The Kier molecular flexibility index (Phi) is 2.25. The Hall–Kier alpha value is -2.78. The lowest BCUT2D eigenvalue weighted by molar-refractivity contribution is 0.660. The minimum atomic E-state index is -0.185. The van der Waals surface area contributed by atoms with Crippen molar-refractivity contribution in [2.24, 2.45) is 5.11 Å². The van der Waals surface area contributed by atoms with Crippen LogP contribution in [0.15, 0.2) is 56.8 Å². The zero-order valence-corrected chi connectivity index (χ0v) is 9.20. The zero-order chi connectivity index (χ0) is 12.5. The van der Waals surface area contributed by atoms with Crippen molar-refractivity contribution >= 4 is 27.6 Å². The monoisotopic (exact) mass is 237 g/mol. The fraction of sp³-hybridized carbons (Fsp3) is 0. The molecule has 0 radical (unpaired) electrons. The maximum absolute atomic E-state index is 12.3. The Bertz CT molecular complexity index is 861. The van der Waals surface area contributed by atoms with Crippen molar-refractivity contribution < 1.29 is 4.42 Å². The number of rotatable bonds is 1. The molecular weight excluding hydrogens is 230 g/mol. The van der Waals surface area contributed by atoms with E-state index in [0.29, 0.717) is 21.9 Å². The summed E-state index contributed by atoms with van der Waals surface area (Å²) in [5.41, 5.74) is 9.55. The summed E-state index contributed by atoms with van der Waals surface area (Å²) in [6.07, 6.45) is 0. The van der Waals surface area contributed by atoms with Crippen LogP contribution in [0.4, 0.5) is 5.69 Å². The molecule has 5 nitrogen and oxygen atoms in total. The van der Waals surface area contributed by atoms with E-state index in [9.17, 15) is 4.79 Å². The molecule has 1 heterocycles. The number of para-hydroxylation sites is 1. The summed E-state index contributed by atoms with van der Waals surface area (Å²) >= 11 is 0. The van der Waals surface area contributed by atoms with Crippen molar-refractivity contribution in [2.75, 3.05) is 0 Å². The van der Waals surface area contributed by atoms with Crippen molar-refractivity contribution in [3.8, 4) is 0 Å². The SMILES string of the molecule is [N-]=[N+]=Nc1cccc2oc3ccccc3c(=O)c12. The summed E-state index contributed by atoms with van der Waals surface area (Å²) in [7, 11) is 0. The lowest BCUT2D eigenvalue weighted by atomic mass is 10.1. The van der Waals surface area contributed by atoms with Crippen LogP contribution in [-0.4, -0.2) is 0 Å². The number of hydrogen-bond donors (Lipinski definition) is 0.